The van der Waals surface area contributed by atoms with Gasteiger partial charge < -0.3 is 15.7 Å². The first-order valence-corrected chi connectivity index (χ1v) is 4.26. The molecule has 1 heterocycles. The molecule has 1 saturated heterocycles. The monoisotopic (exact) mass is 172 g/mol. The van der Waals surface area contributed by atoms with Gasteiger partial charge in [-0.3, -0.25) is 4.79 Å². The molecular weight excluding hydrogens is 156 g/mol. The molecule has 0 aromatic carbocycles. The molecule has 0 aromatic heterocycles. The topological polar surface area (TPSA) is 61.4 Å². The van der Waals surface area contributed by atoms with E-state index < -0.39 is 11.5 Å². The van der Waals surface area contributed by atoms with Gasteiger partial charge in [-0.2, -0.15) is 0 Å². The van der Waals surface area contributed by atoms with Crippen LogP contribution in [0.25, 0.3) is 0 Å². The van der Waals surface area contributed by atoms with Crippen molar-refractivity contribution in [3.63, 3.8) is 0 Å². The maximum absolute atomic E-state index is 11.0. The normalized spacial score (nSPS) is 36.3. The van der Waals surface area contributed by atoms with Crippen molar-refractivity contribution < 1.29 is 9.90 Å². The summed E-state index contributed by atoms with van der Waals surface area (Å²) in [7, 11) is 1.71. The van der Waals surface area contributed by atoms with Crippen LogP contribution in [0.5, 0.6) is 0 Å². The van der Waals surface area contributed by atoms with Crippen molar-refractivity contribution in [1.82, 2.24) is 10.6 Å². The van der Waals surface area contributed by atoms with Gasteiger partial charge in [0.05, 0.1) is 0 Å². The van der Waals surface area contributed by atoms with Gasteiger partial charge in [0, 0.05) is 6.04 Å². The number of piperidine rings is 1. The second-order valence-electron chi connectivity index (χ2n) is 3.45. The van der Waals surface area contributed by atoms with Crippen LogP contribution in [0, 0.1) is 0 Å². The zero-order valence-corrected chi connectivity index (χ0v) is 7.55. The molecular formula is C8H16N2O2. The summed E-state index contributed by atoms with van der Waals surface area (Å²) in [5.41, 5.74) is -0.704. The van der Waals surface area contributed by atoms with Gasteiger partial charge in [-0.05, 0) is 33.4 Å². The summed E-state index contributed by atoms with van der Waals surface area (Å²) < 4.78 is 0. The van der Waals surface area contributed by atoms with Crippen molar-refractivity contribution in [2.75, 3.05) is 13.6 Å². The highest BCUT2D eigenvalue weighted by Crippen LogP contribution is 2.21. The summed E-state index contributed by atoms with van der Waals surface area (Å²) >= 11 is 0. The lowest BCUT2D eigenvalue weighted by atomic mass is 9.85. The lowest BCUT2D eigenvalue weighted by Gasteiger charge is -2.36. The third-order valence-corrected chi connectivity index (χ3v) is 2.59. The van der Waals surface area contributed by atoms with Crippen molar-refractivity contribution in [1.29, 1.82) is 0 Å². The predicted octanol–water partition coefficient (Wildman–Crippen LogP) is -0.199. The maximum Gasteiger partial charge on any atom is 0.323 e. The molecule has 12 heavy (non-hydrogen) atoms. The summed E-state index contributed by atoms with van der Waals surface area (Å²) in [4.78, 5) is 11.0. The summed E-state index contributed by atoms with van der Waals surface area (Å²) in [6.45, 7) is 2.78. The zero-order valence-electron chi connectivity index (χ0n) is 7.55. The van der Waals surface area contributed by atoms with Crippen molar-refractivity contribution in [2.45, 2.75) is 31.3 Å². The summed E-state index contributed by atoms with van der Waals surface area (Å²) in [6, 6.07) is 0.280. The number of hydrogen-bond acceptors (Lipinski definition) is 3. The first-order chi connectivity index (χ1) is 5.60. The Balaban J connectivity index is 2.71. The average Bonchev–Trinajstić information content (AvgIpc) is 2.04. The number of rotatable bonds is 2. The first-order valence-electron chi connectivity index (χ1n) is 4.26. The quantitative estimate of drug-likeness (QED) is 0.540. The summed E-state index contributed by atoms with van der Waals surface area (Å²) in [6.07, 6.45) is 1.31. The van der Waals surface area contributed by atoms with Gasteiger partial charge >= 0.3 is 5.97 Å². The van der Waals surface area contributed by atoms with Crippen LogP contribution >= 0.6 is 0 Å². The minimum Gasteiger partial charge on any atom is -0.480 e. The Morgan fingerprint density at radius 2 is 2.42 bits per heavy atom. The van der Waals surface area contributed by atoms with Crippen LogP contribution < -0.4 is 10.6 Å². The highest BCUT2D eigenvalue weighted by Gasteiger charge is 2.40. The first kappa shape index (κ1) is 9.48. The Morgan fingerprint density at radius 3 is 2.75 bits per heavy atom. The van der Waals surface area contributed by atoms with E-state index in [1.807, 2.05) is 6.92 Å². The van der Waals surface area contributed by atoms with Crippen molar-refractivity contribution in [3.05, 3.63) is 0 Å². The molecule has 1 aliphatic rings. The van der Waals surface area contributed by atoms with Gasteiger partial charge in [-0.25, -0.2) is 0 Å². The van der Waals surface area contributed by atoms with Crippen molar-refractivity contribution in [3.8, 4) is 0 Å². The van der Waals surface area contributed by atoms with Crippen LogP contribution in [0.15, 0.2) is 0 Å². The third kappa shape index (κ3) is 1.59. The molecule has 2 atom stereocenters. The SMILES string of the molecule is CNC1(C(=O)O)CCN[C@@H](C)C1. The van der Waals surface area contributed by atoms with E-state index in [4.69, 9.17) is 5.11 Å². The molecule has 0 amide bonds. The van der Waals surface area contributed by atoms with E-state index in [9.17, 15) is 4.79 Å². The molecule has 0 aromatic rings. The van der Waals surface area contributed by atoms with E-state index in [2.05, 4.69) is 10.6 Å². The Labute approximate surface area is 72.3 Å². The molecule has 0 saturated carbocycles. The molecule has 1 rings (SSSR count). The van der Waals surface area contributed by atoms with Crippen molar-refractivity contribution in [2.24, 2.45) is 0 Å². The van der Waals surface area contributed by atoms with E-state index in [0.717, 1.165) is 6.54 Å². The molecule has 4 heteroatoms. The lowest BCUT2D eigenvalue weighted by molar-refractivity contribution is -0.146. The van der Waals surface area contributed by atoms with Crippen LogP contribution in [0.4, 0.5) is 0 Å². The minimum atomic E-state index is -0.738. The number of nitrogens with one attached hydrogen (secondary N) is 2. The number of carboxylic acid groups (broad SMARTS) is 1. The van der Waals surface area contributed by atoms with E-state index >= 15 is 0 Å². The molecule has 70 valence electrons. The zero-order chi connectivity index (χ0) is 9.19. The average molecular weight is 172 g/mol. The van der Waals surface area contributed by atoms with Gasteiger partial charge in [-0.1, -0.05) is 0 Å². The number of hydrogen-bond donors (Lipinski definition) is 3. The molecule has 3 N–H and O–H groups in total. The fourth-order valence-corrected chi connectivity index (χ4v) is 1.76. The van der Waals surface area contributed by atoms with Crippen molar-refractivity contribution >= 4 is 5.97 Å². The number of likely N-dealkylation sites (N-methyl/N-ethyl adjacent to an activating group) is 1. The summed E-state index contributed by atoms with van der Waals surface area (Å²) in [5.74, 6) is -0.738. The molecule has 1 aliphatic heterocycles. The number of carboxylic acids is 1. The Kier molecular flexibility index (Phi) is 2.69. The number of aliphatic carboxylic acids is 1. The molecule has 1 fully saturated rings. The molecule has 0 aliphatic carbocycles. The minimum absolute atomic E-state index is 0.280. The fraction of sp³-hybridized carbons (Fsp3) is 0.875. The van der Waals surface area contributed by atoms with Gasteiger partial charge in [0.2, 0.25) is 0 Å². The van der Waals surface area contributed by atoms with Crippen LogP contribution in [-0.4, -0.2) is 36.2 Å². The lowest BCUT2D eigenvalue weighted by Crippen LogP contribution is -2.58. The van der Waals surface area contributed by atoms with Gasteiger partial charge in [-0.15, -0.1) is 0 Å². The third-order valence-electron chi connectivity index (χ3n) is 2.59. The number of carbonyl (C=O) groups is 1. The molecule has 0 spiro atoms. The Bertz CT molecular complexity index is 184. The molecule has 4 nitrogen and oxygen atoms in total. The van der Waals surface area contributed by atoms with E-state index in [0.29, 0.717) is 12.8 Å². The smallest absolute Gasteiger partial charge is 0.323 e. The van der Waals surface area contributed by atoms with Crippen LogP contribution in [0.2, 0.25) is 0 Å². The molecule has 1 unspecified atom stereocenters. The Hall–Kier alpha value is -0.610. The molecule has 0 bridgehead atoms. The fourth-order valence-electron chi connectivity index (χ4n) is 1.76. The van der Waals surface area contributed by atoms with E-state index in [-0.39, 0.29) is 6.04 Å². The van der Waals surface area contributed by atoms with E-state index in [1.165, 1.54) is 0 Å². The standard InChI is InChI=1S/C8H16N2O2/c1-6-5-8(9-2,7(11)12)3-4-10-6/h6,9-10H,3-5H2,1-2H3,(H,11,12)/t6-,8?/m0/s1. The summed E-state index contributed by atoms with van der Waals surface area (Å²) in [5, 5.41) is 15.1. The maximum atomic E-state index is 11.0. The van der Waals surface area contributed by atoms with Gasteiger partial charge in [0.1, 0.15) is 5.54 Å². The van der Waals surface area contributed by atoms with Crippen LogP contribution in [-0.2, 0) is 4.79 Å². The predicted molar refractivity (Wildman–Crippen MR) is 46.1 cm³/mol. The van der Waals surface area contributed by atoms with Gasteiger partial charge in [0.25, 0.3) is 0 Å². The second-order valence-corrected chi connectivity index (χ2v) is 3.45. The van der Waals surface area contributed by atoms with Gasteiger partial charge in [0.15, 0.2) is 0 Å². The van der Waals surface area contributed by atoms with Crippen LogP contribution in [0.1, 0.15) is 19.8 Å². The van der Waals surface area contributed by atoms with E-state index in [1.54, 1.807) is 7.05 Å². The van der Waals surface area contributed by atoms with Crippen LogP contribution in [0.3, 0.4) is 0 Å². The Morgan fingerprint density at radius 1 is 1.75 bits per heavy atom. The largest absolute Gasteiger partial charge is 0.480 e. The molecule has 0 radical (unpaired) electrons. The second kappa shape index (κ2) is 3.41. The highest BCUT2D eigenvalue weighted by atomic mass is 16.4. The highest BCUT2D eigenvalue weighted by molar-refractivity contribution is 5.79.